The smallest absolute Gasteiger partial charge is 0.160 e. The van der Waals surface area contributed by atoms with Crippen molar-refractivity contribution >= 4 is 0 Å². The van der Waals surface area contributed by atoms with Crippen molar-refractivity contribution in [2.24, 2.45) is 0 Å². The molecule has 11 rings (SSSR count). The summed E-state index contributed by atoms with van der Waals surface area (Å²) in [7, 11) is 0. The Hall–Kier alpha value is -7.36. The van der Waals surface area contributed by atoms with Crippen LogP contribution in [0.4, 0.5) is 0 Å². The largest absolute Gasteiger partial charge is 0.457 e. The van der Waals surface area contributed by atoms with Crippen LogP contribution in [0.25, 0.3) is 67.3 Å². The highest BCUT2D eigenvalue weighted by molar-refractivity contribution is 5.90. The van der Waals surface area contributed by atoms with Crippen LogP contribution in [-0.2, 0) is 5.41 Å². The second kappa shape index (κ2) is 12.9. The van der Waals surface area contributed by atoms with Gasteiger partial charge in [-0.3, -0.25) is 0 Å². The predicted octanol–water partition coefficient (Wildman–Crippen LogP) is 13.3. The number of rotatable bonds is 5. The lowest BCUT2D eigenvalue weighted by atomic mass is 9.66. The summed E-state index contributed by atoms with van der Waals surface area (Å²) in [5.41, 5.74) is 16.4. The third-order valence-corrected chi connectivity index (χ3v) is 11.4. The minimum Gasteiger partial charge on any atom is -0.457 e. The Morgan fingerprint density at radius 1 is 0.304 bits per heavy atom. The molecule has 2 aliphatic rings. The van der Waals surface area contributed by atoms with Gasteiger partial charge in [-0.05, 0) is 62.7 Å². The second-order valence-electron chi connectivity index (χ2n) is 14.5. The predicted molar refractivity (Wildman–Crippen MR) is 227 cm³/mol. The summed E-state index contributed by atoms with van der Waals surface area (Å²) in [6, 6.07) is 73.0. The lowest BCUT2D eigenvalue weighted by Crippen LogP contribution is -2.32. The molecule has 0 fully saturated rings. The zero-order valence-electron chi connectivity index (χ0n) is 30.4. The van der Waals surface area contributed by atoms with Crippen LogP contribution >= 0.6 is 0 Å². The summed E-state index contributed by atoms with van der Waals surface area (Å²) in [6.07, 6.45) is 0. The highest BCUT2D eigenvalue weighted by atomic mass is 16.5. The van der Waals surface area contributed by atoms with Crippen molar-refractivity contribution in [1.29, 1.82) is 0 Å². The molecule has 1 aromatic heterocycles. The summed E-state index contributed by atoms with van der Waals surface area (Å²) in [6.45, 7) is 0. The fraction of sp³-hybridized carbons (Fsp3) is 0.0189. The molecule has 9 aromatic rings. The average molecular weight is 715 g/mol. The van der Waals surface area contributed by atoms with E-state index in [1.54, 1.807) is 0 Å². The van der Waals surface area contributed by atoms with Crippen LogP contribution < -0.4 is 4.74 Å². The normalized spacial score (nSPS) is 12.9. The lowest BCUT2D eigenvalue weighted by Gasteiger charge is -2.39. The van der Waals surface area contributed by atoms with Crippen LogP contribution in [0.3, 0.4) is 0 Å². The van der Waals surface area contributed by atoms with Crippen LogP contribution in [0.1, 0.15) is 22.3 Å². The molecule has 3 nitrogen and oxygen atoms in total. The first kappa shape index (κ1) is 32.1. The molecule has 8 aromatic carbocycles. The molecule has 0 N–H and O–H groups in total. The van der Waals surface area contributed by atoms with Gasteiger partial charge >= 0.3 is 0 Å². The molecule has 3 heteroatoms. The molecule has 0 unspecified atom stereocenters. The van der Waals surface area contributed by atoms with Crippen molar-refractivity contribution in [3.63, 3.8) is 0 Å². The minimum atomic E-state index is -0.481. The standard InChI is InChI=1S/C53H34N2O/c1-3-15-36(16-4-1)48-34-49(37-17-5-2-6-18-37)55-52(54-48)38-29-27-35(28-30-38)40-19-7-8-20-41(40)39-31-32-47-51(33-39)56-50-26-14-13-25-46(50)53(47)44-23-11-9-21-42(44)43-22-10-12-24-45(43)53/h1-34H. The summed E-state index contributed by atoms with van der Waals surface area (Å²) >= 11 is 0. The van der Waals surface area contributed by atoms with Gasteiger partial charge in [0.2, 0.25) is 0 Å². The average Bonchev–Trinajstić information content (AvgIpc) is 3.57. The maximum Gasteiger partial charge on any atom is 0.160 e. The van der Waals surface area contributed by atoms with Crippen molar-refractivity contribution in [1.82, 2.24) is 9.97 Å². The Kier molecular flexibility index (Phi) is 7.39. The monoisotopic (exact) mass is 714 g/mol. The molecule has 0 saturated heterocycles. The molecule has 0 radical (unpaired) electrons. The Labute approximate surface area is 326 Å². The molecule has 0 bridgehead atoms. The van der Waals surface area contributed by atoms with Crippen molar-refractivity contribution in [2.75, 3.05) is 0 Å². The molecule has 2 heterocycles. The first-order valence-corrected chi connectivity index (χ1v) is 19.1. The number of benzene rings is 8. The van der Waals surface area contributed by atoms with Crippen LogP contribution in [0, 0.1) is 0 Å². The van der Waals surface area contributed by atoms with E-state index in [1.165, 1.54) is 27.8 Å². The first-order chi connectivity index (χ1) is 27.8. The van der Waals surface area contributed by atoms with Crippen molar-refractivity contribution in [2.45, 2.75) is 5.41 Å². The number of hydrogen-bond donors (Lipinski definition) is 0. The SMILES string of the molecule is c1ccc(-c2cc(-c3ccccc3)nc(-c3ccc(-c4ccccc4-c4ccc5c(c4)Oc4ccccc4C54c5ccccc5-c5ccccc54)cc3)n2)cc1. The van der Waals surface area contributed by atoms with Crippen LogP contribution in [0.2, 0.25) is 0 Å². The van der Waals surface area contributed by atoms with Gasteiger partial charge in [0.05, 0.1) is 16.8 Å². The van der Waals surface area contributed by atoms with Gasteiger partial charge in [0.1, 0.15) is 11.5 Å². The van der Waals surface area contributed by atoms with E-state index in [0.717, 1.165) is 67.4 Å². The molecular weight excluding hydrogens is 681 g/mol. The fourth-order valence-electron chi connectivity index (χ4n) is 8.90. The number of hydrogen-bond acceptors (Lipinski definition) is 3. The van der Waals surface area contributed by atoms with Gasteiger partial charge in [-0.25, -0.2) is 9.97 Å². The van der Waals surface area contributed by atoms with E-state index in [4.69, 9.17) is 14.7 Å². The zero-order valence-corrected chi connectivity index (χ0v) is 30.4. The first-order valence-electron chi connectivity index (χ1n) is 19.1. The van der Waals surface area contributed by atoms with Crippen molar-refractivity contribution in [3.05, 3.63) is 229 Å². The Balaban J connectivity index is 1.01. The molecule has 262 valence electrons. The molecule has 1 aliphatic heterocycles. The molecule has 0 amide bonds. The Morgan fingerprint density at radius 3 is 1.36 bits per heavy atom. The van der Waals surface area contributed by atoms with Crippen molar-refractivity contribution in [3.8, 4) is 78.8 Å². The Morgan fingerprint density at radius 2 is 0.750 bits per heavy atom. The highest BCUT2D eigenvalue weighted by Crippen LogP contribution is 2.62. The molecule has 0 atom stereocenters. The number of fused-ring (bicyclic) bond motifs is 9. The van der Waals surface area contributed by atoms with Gasteiger partial charge in [0, 0.05) is 27.8 Å². The highest BCUT2D eigenvalue weighted by Gasteiger charge is 2.50. The van der Waals surface area contributed by atoms with E-state index in [2.05, 4.69) is 170 Å². The topological polar surface area (TPSA) is 35.0 Å². The van der Waals surface area contributed by atoms with E-state index in [1.807, 2.05) is 36.4 Å². The van der Waals surface area contributed by atoms with E-state index >= 15 is 0 Å². The number of para-hydroxylation sites is 1. The van der Waals surface area contributed by atoms with Crippen LogP contribution in [0.15, 0.2) is 206 Å². The number of nitrogens with zero attached hydrogens (tertiary/aromatic N) is 2. The third kappa shape index (κ3) is 4.98. The van der Waals surface area contributed by atoms with Crippen LogP contribution in [-0.4, -0.2) is 9.97 Å². The zero-order chi connectivity index (χ0) is 37.1. The van der Waals surface area contributed by atoms with Gasteiger partial charge in [-0.15, -0.1) is 0 Å². The van der Waals surface area contributed by atoms with Gasteiger partial charge in [-0.1, -0.05) is 188 Å². The van der Waals surface area contributed by atoms with Gasteiger partial charge in [0.25, 0.3) is 0 Å². The summed E-state index contributed by atoms with van der Waals surface area (Å²) in [4.78, 5) is 10.1. The molecule has 56 heavy (non-hydrogen) atoms. The fourth-order valence-corrected chi connectivity index (χ4v) is 8.90. The summed E-state index contributed by atoms with van der Waals surface area (Å²) < 4.78 is 6.84. The molecule has 1 aliphatic carbocycles. The third-order valence-electron chi connectivity index (χ3n) is 11.4. The Bertz CT molecular complexity index is 2830. The van der Waals surface area contributed by atoms with E-state index < -0.39 is 5.41 Å². The van der Waals surface area contributed by atoms with E-state index in [-0.39, 0.29) is 0 Å². The molecule has 1 spiro atoms. The molecule has 0 saturated carbocycles. The van der Waals surface area contributed by atoms with E-state index in [9.17, 15) is 0 Å². The summed E-state index contributed by atoms with van der Waals surface area (Å²) in [5, 5.41) is 0. The maximum absolute atomic E-state index is 6.84. The summed E-state index contributed by atoms with van der Waals surface area (Å²) in [5.74, 6) is 2.46. The minimum absolute atomic E-state index is 0.481. The van der Waals surface area contributed by atoms with Crippen molar-refractivity contribution < 1.29 is 4.74 Å². The maximum atomic E-state index is 6.84. The number of ether oxygens (including phenoxy) is 1. The lowest BCUT2D eigenvalue weighted by molar-refractivity contribution is 0.436. The quantitative estimate of drug-likeness (QED) is 0.178. The number of aromatic nitrogens is 2. The van der Waals surface area contributed by atoms with Gasteiger partial charge in [-0.2, -0.15) is 0 Å². The molecular formula is C53H34N2O. The second-order valence-corrected chi connectivity index (χ2v) is 14.5. The van der Waals surface area contributed by atoms with Crippen LogP contribution in [0.5, 0.6) is 11.5 Å². The van der Waals surface area contributed by atoms with Gasteiger partial charge in [0.15, 0.2) is 5.82 Å². The van der Waals surface area contributed by atoms with Gasteiger partial charge < -0.3 is 4.74 Å². The van der Waals surface area contributed by atoms with E-state index in [0.29, 0.717) is 5.82 Å².